The van der Waals surface area contributed by atoms with Crippen LogP contribution in [0.15, 0.2) is 24.3 Å². The normalized spacial score (nSPS) is 24.6. The van der Waals surface area contributed by atoms with Gasteiger partial charge in [-0.15, -0.1) is 0 Å². The van der Waals surface area contributed by atoms with Gasteiger partial charge in [-0.25, -0.2) is 8.78 Å². The van der Waals surface area contributed by atoms with Crippen molar-refractivity contribution in [3.05, 3.63) is 41.5 Å². The smallest absolute Gasteiger partial charge is 0.133 e. The molecule has 18 heavy (non-hydrogen) atoms. The molecule has 3 heteroatoms. The first kappa shape index (κ1) is 13.2. The number of piperidine rings is 1. The van der Waals surface area contributed by atoms with Crippen LogP contribution in [-0.2, 0) is 0 Å². The molecule has 1 N–H and O–H groups in total. The molecular weight excluding hydrogens is 232 g/mol. The average Bonchev–Trinajstić information content (AvgIpc) is 2.38. The van der Waals surface area contributed by atoms with Gasteiger partial charge in [0.25, 0.3) is 0 Å². The Morgan fingerprint density at radius 3 is 2.94 bits per heavy atom. The fourth-order valence-electron chi connectivity index (χ4n) is 2.41. The maximum atomic E-state index is 13.4. The fourth-order valence-corrected chi connectivity index (χ4v) is 2.41. The molecule has 1 aromatic carbocycles. The summed E-state index contributed by atoms with van der Waals surface area (Å²) in [6.07, 6.45) is 7.22. The minimum atomic E-state index is -0.536. The molecule has 1 aliphatic heterocycles. The van der Waals surface area contributed by atoms with E-state index in [4.69, 9.17) is 0 Å². The van der Waals surface area contributed by atoms with Gasteiger partial charge in [-0.2, -0.15) is 0 Å². The van der Waals surface area contributed by atoms with Crippen molar-refractivity contribution in [2.24, 2.45) is 5.92 Å². The van der Waals surface area contributed by atoms with E-state index < -0.39 is 11.6 Å². The lowest BCUT2D eigenvalue weighted by atomic mass is 9.90. The van der Waals surface area contributed by atoms with E-state index in [2.05, 4.69) is 12.2 Å². The Bertz CT molecular complexity index is 429. The molecule has 0 spiro atoms. The molecule has 0 saturated carbocycles. The number of nitrogens with one attached hydrogen (secondary N) is 1. The van der Waals surface area contributed by atoms with Crippen molar-refractivity contribution in [1.82, 2.24) is 5.32 Å². The van der Waals surface area contributed by atoms with Gasteiger partial charge in [-0.3, -0.25) is 0 Å². The van der Waals surface area contributed by atoms with E-state index in [9.17, 15) is 8.78 Å². The van der Waals surface area contributed by atoms with Crippen molar-refractivity contribution in [2.75, 3.05) is 6.54 Å². The zero-order chi connectivity index (χ0) is 13.0. The van der Waals surface area contributed by atoms with Gasteiger partial charge in [-0.05, 0) is 37.4 Å². The van der Waals surface area contributed by atoms with Crippen molar-refractivity contribution in [3.8, 4) is 0 Å². The second-order valence-electron chi connectivity index (χ2n) is 4.88. The van der Waals surface area contributed by atoms with Gasteiger partial charge >= 0.3 is 0 Å². The van der Waals surface area contributed by atoms with E-state index in [-0.39, 0.29) is 0 Å². The molecule has 1 heterocycles. The zero-order valence-corrected chi connectivity index (χ0v) is 10.6. The van der Waals surface area contributed by atoms with E-state index in [1.54, 1.807) is 6.08 Å². The largest absolute Gasteiger partial charge is 0.310 e. The molecule has 0 bridgehead atoms. The van der Waals surface area contributed by atoms with Crippen LogP contribution in [0.4, 0.5) is 8.78 Å². The summed E-state index contributed by atoms with van der Waals surface area (Å²) in [7, 11) is 0. The summed E-state index contributed by atoms with van der Waals surface area (Å²) in [5.74, 6) is -0.292. The first-order valence-corrected chi connectivity index (χ1v) is 6.55. The van der Waals surface area contributed by atoms with Crippen LogP contribution in [-0.4, -0.2) is 12.6 Å². The highest BCUT2D eigenvalue weighted by molar-refractivity contribution is 5.50. The second kappa shape index (κ2) is 6.10. The Morgan fingerprint density at radius 2 is 2.22 bits per heavy atom. The first-order chi connectivity index (χ1) is 8.69. The first-order valence-electron chi connectivity index (χ1n) is 6.55. The van der Waals surface area contributed by atoms with Crippen molar-refractivity contribution in [2.45, 2.75) is 32.2 Å². The number of hydrogen-bond donors (Lipinski definition) is 1. The molecule has 2 atom stereocenters. The topological polar surface area (TPSA) is 12.0 Å². The quantitative estimate of drug-likeness (QED) is 0.862. The number of rotatable bonds is 3. The molecule has 1 saturated heterocycles. The molecule has 1 nitrogen and oxygen atoms in total. The average molecular weight is 251 g/mol. The van der Waals surface area contributed by atoms with E-state index in [1.807, 2.05) is 6.08 Å². The third-order valence-corrected chi connectivity index (χ3v) is 3.59. The molecule has 0 amide bonds. The van der Waals surface area contributed by atoms with Gasteiger partial charge in [-0.1, -0.05) is 25.5 Å². The summed E-state index contributed by atoms with van der Waals surface area (Å²) in [5, 5.41) is 3.40. The summed E-state index contributed by atoms with van der Waals surface area (Å²) in [4.78, 5) is 0. The van der Waals surface area contributed by atoms with Gasteiger partial charge in [0.05, 0.1) is 0 Å². The van der Waals surface area contributed by atoms with Crippen LogP contribution >= 0.6 is 0 Å². The standard InChI is InChI=1S/C15H19F2N/c1-2-11-7-8-18-14(9-11)6-4-12-3-5-13(16)10-15(12)17/h3-6,10-11,14,18H,2,7-9H2,1H3/b6-4+. The van der Waals surface area contributed by atoms with E-state index in [1.165, 1.54) is 25.0 Å². The monoisotopic (exact) mass is 251 g/mol. The molecular formula is C15H19F2N. The third-order valence-electron chi connectivity index (χ3n) is 3.59. The molecule has 2 unspecified atom stereocenters. The van der Waals surface area contributed by atoms with Crippen LogP contribution in [0.25, 0.3) is 6.08 Å². The van der Waals surface area contributed by atoms with Crippen molar-refractivity contribution in [3.63, 3.8) is 0 Å². The van der Waals surface area contributed by atoms with Crippen LogP contribution in [0.5, 0.6) is 0 Å². The highest BCUT2D eigenvalue weighted by atomic mass is 19.1. The predicted molar refractivity (Wildman–Crippen MR) is 70.2 cm³/mol. The molecule has 1 aromatic rings. The maximum Gasteiger partial charge on any atom is 0.133 e. The van der Waals surface area contributed by atoms with Crippen LogP contribution in [0.1, 0.15) is 31.7 Å². The van der Waals surface area contributed by atoms with E-state index in [0.717, 1.165) is 24.9 Å². The van der Waals surface area contributed by atoms with Gasteiger partial charge in [0.1, 0.15) is 11.6 Å². The highest BCUT2D eigenvalue weighted by Gasteiger charge is 2.17. The molecule has 1 fully saturated rings. The third kappa shape index (κ3) is 3.39. The fraction of sp³-hybridized carbons (Fsp3) is 0.467. The van der Waals surface area contributed by atoms with Crippen molar-refractivity contribution >= 4 is 6.08 Å². The predicted octanol–water partition coefficient (Wildman–Crippen LogP) is 3.76. The van der Waals surface area contributed by atoms with Gasteiger partial charge in [0.2, 0.25) is 0 Å². The molecule has 1 aliphatic rings. The SMILES string of the molecule is CCC1CCNC(/C=C/c2ccc(F)cc2F)C1. The summed E-state index contributed by atoms with van der Waals surface area (Å²) in [5.41, 5.74) is 0.442. The molecule has 0 aliphatic carbocycles. The second-order valence-corrected chi connectivity index (χ2v) is 4.88. The van der Waals surface area contributed by atoms with Gasteiger partial charge in [0.15, 0.2) is 0 Å². The molecule has 98 valence electrons. The number of benzene rings is 1. The lowest BCUT2D eigenvalue weighted by molar-refractivity contribution is 0.326. The summed E-state index contributed by atoms with van der Waals surface area (Å²) >= 11 is 0. The number of halogens is 2. The number of hydrogen-bond acceptors (Lipinski definition) is 1. The minimum absolute atomic E-state index is 0.299. The summed E-state index contributed by atoms with van der Waals surface area (Å²) in [6, 6.07) is 3.98. The molecule has 2 rings (SSSR count). The van der Waals surface area contributed by atoms with Crippen LogP contribution in [0.2, 0.25) is 0 Å². The Morgan fingerprint density at radius 1 is 1.39 bits per heavy atom. The van der Waals surface area contributed by atoms with Crippen LogP contribution in [0.3, 0.4) is 0 Å². The molecule has 0 aromatic heterocycles. The van der Waals surface area contributed by atoms with Crippen LogP contribution < -0.4 is 5.32 Å². The van der Waals surface area contributed by atoms with Gasteiger partial charge < -0.3 is 5.32 Å². The van der Waals surface area contributed by atoms with Crippen LogP contribution in [0, 0.1) is 17.6 Å². The van der Waals surface area contributed by atoms with E-state index in [0.29, 0.717) is 11.6 Å². The maximum absolute atomic E-state index is 13.4. The Labute approximate surface area is 107 Å². The molecule has 0 radical (unpaired) electrons. The summed E-state index contributed by atoms with van der Waals surface area (Å²) in [6.45, 7) is 3.22. The zero-order valence-electron chi connectivity index (χ0n) is 10.6. The van der Waals surface area contributed by atoms with Crippen molar-refractivity contribution < 1.29 is 8.78 Å². The van der Waals surface area contributed by atoms with Gasteiger partial charge in [0, 0.05) is 17.7 Å². The summed E-state index contributed by atoms with van der Waals surface area (Å²) < 4.78 is 26.2. The Balaban J connectivity index is 2.01. The Kier molecular flexibility index (Phi) is 4.48. The lowest BCUT2D eigenvalue weighted by Gasteiger charge is -2.27. The van der Waals surface area contributed by atoms with E-state index >= 15 is 0 Å². The minimum Gasteiger partial charge on any atom is -0.310 e. The van der Waals surface area contributed by atoms with Crippen molar-refractivity contribution in [1.29, 1.82) is 0 Å². The Hall–Kier alpha value is -1.22. The highest BCUT2D eigenvalue weighted by Crippen LogP contribution is 2.20. The lowest BCUT2D eigenvalue weighted by Crippen LogP contribution is -2.36.